The van der Waals surface area contributed by atoms with E-state index in [1.807, 2.05) is 13.0 Å². The number of rotatable bonds is 2. The lowest BCUT2D eigenvalue weighted by molar-refractivity contribution is -0.115. The Morgan fingerprint density at radius 3 is 3.12 bits per heavy atom. The largest absolute Gasteiger partial charge is 0.322 e. The normalized spacial score (nSPS) is 19.8. The number of pyridine rings is 1. The molecule has 1 aliphatic heterocycles. The second-order valence-electron chi connectivity index (χ2n) is 3.78. The first-order valence-electron chi connectivity index (χ1n) is 5.22. The number of halogens is 1. The summed E-state index contributed by atoms with van der Waals surface area (Å²) in [6.07, 6.45) is 3.70. The molecule has 1 aliphatic rings. The number of nitrogens with zero attached hydrogens (tertiary/aromatic N) is 1. The van der Waals surface area contributed by atoms with Crippen molar-refractivity contribution in [1.82, 2.24) is 4.98 Å². The Balaban J connectivity index is 2.11. The van der Waals surface area contributed by atoms with E-state index in [4.69, 9.17) is 11.6 Å². The van der Waals surface area contributed by atoms with Gasteiger partial charge in [0.2, 0.25) is 5.91 Å². The number of carbonyl (C=O) groups excluding carboxylic acids is 1. The maximum absolute atomic E-state index is 11.9. The third-order valence-electron chi connectivity index (χ3n) is 2.58. The third-order valence-corrected chi connectivity index (χ3v) is 4.25. The molecule has 86 valence electrons. The average molecular weight is 257 g/mol. The molecule has 3 nitrogen and oxygen atoms in total. The summed E-state index contributed by atoms with van der Waals surface area (Å²) < 4.78 is 0. The highest BCUT2D eigenvalue weighted by Crippen LogP contribution is 2.29. The number of amides is 1. The summed E-state index contributed by atoms with van der Waals surface area (Å²) in [5.74, 6) is 1.11. The maximum Gasteiger partial charge on any atom is 0.237 e. The second-order valence-corrected chi connectivity index (χ2v) is 5.45. The number of nitrogens with one attached hydrogen (secondary N) is 1. The molecule has 1 aromatic heterocycles. The fraction of sp³-hybridized carbons (Fsp3) is 0.455. The van der Waals surface area contributed by atoms with Crippen LogP contribution in [0, 0.1) is 6.92 Å². The molecule has 1 atom stereocenters. The number of hydrogen-bond acceptors (Lipinski definition) is 3. The summed E-state index contributed by atoms with van der Waals surface area (Å²) >= 11 is 7.65. The van der Waals surface area contributed by atoms with Gasteiger partial charge in [-0.05, 0) is 37.1 Å². The van der Waals surface area contributed by atoms with Crippen LogP contribution in [0.25, 0.3) is 0 Å². The van der Waals surface area contributed by atoms with Crippen molar-refractivity contribution in [3.63, 3.8) is 0 Å². The number of thioether (sulfide) groups is 1. The fourth-order valence-corrected chi connectivity index (χ4v) is 3.08. The van der Waals surface area contributed by atoms with Crippen molar-refractivity contribution in [3.05, 3.63) is 23.0 Å². The van der Waals surface area contributed by atoms with Gasteiger partial charge in [0.15, 0.2) is 5.15 Å². The molecule has 0 aromatic carbocycles. The van der Waals surface area contributed by atoms with Crippen molar-refractivity contribution < 1.29 is 4.79 Å². The van der Waals surface area contributed by atoms with Gasteiger partial charge in [0.25, 0.3) is 0 Å². The molecular weight excluding hydrogens is 244 g/mol. The van der Waals surface area contributed by atoms with E-state index in [-0.39, 0.29) is 11.2 Å². The number of carbonyl (C=O) groups is 1. The van der Waals surface area contributed by atoms with Crippen LogP contribution in [0.3, 0.4) is 0 Å². The molecule has 0 spiro atoms. The molecule has 5 heteroatoms. The lowest BCUT2D eigenvalue weighted by Crippen LogP contribution is -2.23. The highest BCUT2D eigenvalue weighted by Gasteiger charge is 2.24. The Hall–Kier alpha value is -0.740. The van der Waals surface area contributed by atoms with Crippen molar-refractivity contribution in [2.45, 2.75) is 25.0 Å². The van der Waals surface area contributed by atoms with Crippen LogP contribution >= 0.6 is 23.4 Å². The van der Waals surface area contributed by atoms with E-state index in [1.165, 1.54) is 0 Å². The molecule has 1 fully saturated rings. The van der Waals surface area contributed by atoms with E-state index in [0.29, 0.717) is 10.8 Å². The van der Waals surface area contributed by atoms with Gasteiger partial charge in [0.05, 0.1) is 10.9 Å². The predicted octanol–water partition coefficient (Wildman–Crippen LogP) is 2.88. The van der Waals surface area contributed by atoms with E-state index >= 15 is 0 Å². The first-order chi connectivity index (χ1) is 7.68. The van der Waals surface area contributed by atoms with Gasteiger partial charge in [-0.2, -0.15) is 0 Å². The summed E-state index contributed by atoms with van der Waals surface area (Å²) in [6, 6.07) is 1.84. The van der Waals surface area contributed by atoms with Crippen molar-refractivity contribution in [2.75, 3.05) is 11.1 Å². The standard InChI is InChI=1S/C11H13ClN2OS/c1-7-4-5-13-10(12)9(7)14-11(15)8-3-2-6-16-8/h4-5,8H,2-3,6H2,1H3,(H,14,15). The molecule has 2 heterocycles. The minimum absolute atomic E-state index is 0.0421. The zero-order valence-corrected chi connectivity index (χ0v) is 10.6. The highest BCUT2D eigenvalue weighted by molar-refractivity contribution is 8.00. The number of hydrogen-bond donors (Lipinski definition) is 1. The smallest absolute Gasteiger partial charge is 0.237 e. The lowest BCUT2D eigenvalue weighted by Gasteiger charge is -2.12. The summed E-state index contributed by atoms with van der Waals surface area (Å²) in [5, 5.41) is 3.29. The maximum atomic E-state index is 11.9. The molecule has 0 saturated carbocycles. The first-order valence-corrected chi connectivity index (χ1v) is 6.64. The second kappa shape index (κ2) is 5.06. The predicted molar refractivity (Wildman–Crippen MR) is 68.1 cm³/mol. The van der Waals surface area contributed by atoms with E-state index in [9.17, 15) is 4.79 Å². The third kappa shape index (κ3) is 2.50. The van der Waals surface area contributed by atoms with Gasteiger partial charge in [0.1, 0.15) is 0 Å². The van der Waals surface area contributed by atoms with Crippen LogP contribution in [-0.2, 0) is 4.79 Å². The molecule has 0 radical (unpaired) electrons. The van der Waals surface area contributed by atoms with Crippen LogP contribution in [0.15, 0.2) is 12.3 Å². The SMILES string of the molecule is Cc1ccnc(Cl)c1NC(=O)C1CCCS1. The molecular formula is C11H13ClN2OS. The van der Waals surface area contributed by atoms with E-state index in [0.717, 1.165) is 24.2 Å². The van der Waals surface area contributed by atoms with Gasteiger partial charge >= 0.3 is 0 Å². The molecule has 1 unspecified atom stereocenters. The summed E-state index contributed by atoms with van der Waals surface area (Å²) in [7, 11) is 0. The van der Waals surface area contributed by atoms with Crippen LogP contribution < -0.4 is 5.32 Å². The highest BCUT2D eigenvalue weighted by atomic mass is 35.5. The van der Waals surface area contributed by atoms with E-state index < -0.39 is 0 Å². The van der Waals surface area contributed by atoms with Crippen molar-refractivity contribution in [2.24, 2.45) is 0 Å². The van der Waals surface area contributed by atoms with Crippen LogP contribution in [0.2, 0.25) is 5.15 Å². The number of aryl methyl sites for hydroxylation is 1. The molecule has 0 aliphatic carbocycles. The van der Waals surface area contributed by atoms with Gasteiger partial charge in [-0.25, -0.2) is 4.98 Å². The van der Waals surface area contributed by atoms with E-state index in [1.54, 1.807) is 18.0 Å². The van der Waals surface area contributed by atoms with Crippen LogP contribution in [0.5, 0.6) is 0 Å². The van der Waals surface area contributed by atoms with Crippen LogP contribution in [-0.4, -0.2) is 21.9 Å². The summed E-state index contributed by atoms with van der Waals surface area (Å²) in [5.41, 5.74) is 1.58. The van der Waals surface area contributed by atoms with Gasteiger partial charge in [-0.3, -0.25) is 4.79 Å². The van der Waals surface area contributed by atoms with Gasteiger partial charge < -0.3 is 5.32 Å². The monoisotopic (exact) mass is 256 g/mol. The van der Waals surface area contributed by atoms with Crippen molar-refractivity contribution in [3.8, 4) is 0 Å². The summed E-state index contributed by atoms with van der Waals surface area (Å²) in [4.78, 5) is 15.9. The summed E-state index contributed by atoms with van der Waals surface area (Å²) in [6.45, 7) is 1.91. The molecule has 16 heavy (non-hydrogen) atoms. The van der Waals surface area contributed by atoms with Gasteiger partial charge in [-0.15, -0.1) is 11.8 Å². The quantitative estimate of drug-likeness (QED) is 0.828. The molecule has 1 aromatic rings. The Bertz CT molecular complexity index is 385. The van der Waals surface area contributed by atoms with E-state index in [2.05, 4.69) is 10.3 Å². The van der Waals surface area contributed by atoms with Crippen LogP contribution in [0.1, 0.15) is 18.4 Å². The Kier molecular flexibility index (Phi) is 3.71. The molecule has 0 bridgehead atoms. The molecule has 2 rings (SSSR count). The Labute approximate surface area is 104 Å². The average Bonchev–Trinajstić information content (AvgIpc) is 2.76. The minimum atomic E-state index is 0.0421. The minimum Gasteiger partial charge on any atom is -0.322 e. The molecule has 1 saturated heterocycles. The Morgan fingerprint density at radius 2 is 2.50 bits per heavy atom. The van der Waals surface area contributed by atoms with Gasteiger partial charge in [0, 0.05) is 6.20 Å². The Morgan fingerprint density at radius 1 is 1.69 bits per heavy atom. The number of aromatic nitrogens is 1. The van der Waals surface area contributed by atoms with Crippen LogP contribution in [0.4, 0.5) is 5.69 Å². The topological polar surface area (TPSA) is 42.0 Å². The zero-order valence-electron chi connectivity index (χ0n) is 9.00. The zero-order chi connectivity index (χ0) is 11.5. The molecule has 1 amide bonds. The number of anilines is 1. The molecule has 1 N–H and O–H groups in total. The van der Waals surface area contributed by atoms with Crippen molar-refractivity contribution in [1.29, 1.82) is 0 Å². The van der Waals surface area contributed by atoms with Crippen molar-refractivity contribution >= 4 is 35.0 Å². The first kappa shape index (κ1) is 11.7. The fourth-order valence-electron chi connectivity index (χ4n) is 1.66. The lowest BCUT2D eigenvalue weighted by atomic mass is 10.2. The van der Waals surface area contributed by atoms with Gasteiger partial charge in [-0.1, -0.05) is 11.6 Å².